The van der Waals surface area contributed by atoms with E-state index in [1.165, 1.54) is 16.0 Å². The number of thioether (sulfide) groups is 1. The Kier molecular flexibility index (Phi) is 8.79. The molecule has 0 spiro atoms. The Hall–Kier alpha value is -1.71. The predicted molar refractivity (Wildman–Crippen MR) is 112 cm³/mol. The molecule has 0 bridgehead atoms. The van der Waals surface area contributed by atoms with Gasteiger partial charge in [-0.1, -0.05) is 48.9 Å². The second-order valence-electron chi connectivity index (χ2n) is 6.62. The fourth-order valence-electron chi connectivity index (χ4n) is 3.04. The first-order valence-corrected chi connectivity index (χ1v) is 10.0. The maximum absolute atomic E-state index is 5.42. The topological polar surface area (TPSA) is 18.5 Å². The Morgan fingerprint density at radius 1 is 1.04 bits per heavy atom. The lowest BCUT2D eigenvalue weighted by atomic mass is 10.00. The van der Waals surface area contributed by atoms with Crippen LogP contribution in [0.25, 0.3) is 0 Å². The Bertz CT molecular complexity index is 664. The van der Waals surface area contributed by atoms with E-state index in [0.29, 0.717) is 11.2 Å². The SMILES string of the molecule is COC[C@@H](C)[C@H](Sc1ccc(OC)cc1)/C(C)=C/CCc1ccccc1. The van der Waals surface area contributed by atoms with Gasteiger partial charge in [0.2, 0.25) is 0 Å². The lowest BCUT2D eigenvalue weighted by Crippen LogP contribution is -2.20. The molecule has 0 aromatic heterocycles. The predicted octanol–water partition coefficient (Wildman–Crippen LogP) is 6.02. The van der Waals surface area contributed by atoms with Crippen molar-refractivity contribution in [3.05, 3.63) is 71.8 Å². The summed E-state index contributed by atoms with van der Waals surface area (Å²) in [6.45, 7) is 5.27. The molecule has 0 unspecified atom stereocenters. The summed E-state index contributed by atoms with van der Waals surface area (Å²) in [5, 5.41) is 0.402. The van der Waals surface area contributed by atoms with Crippen LogP contribution in [0.2, 0.25) is 0 Å². The van der Waals surface area contributed by atoms with Crippen LogP contribution in [0.1, 0.15) is 25.8 Å². The van der Waals surface area contributed by atoms with Crippen LogP contribution in [-0.4, -0.2) is 26.1 Å². The lowest BCUT2D eigenvalue weighted by Gasteiger charge is -2.24. The molecule has 0 N–H and O–H groups in total. The number of aryl methyl sites for hydroxylation is 1. The Morgan fingerprint density at radius 2 is 1.73 bits per heavy atom. The molecule has 0 aliphatic carbocycles. The van der Waals surface area contributed by atoms with E-state index < -0.39 is 0 Å². The van der Waals surface area contributed by atoms with E-state index in [0.717, 1.165) is 25.2 Å². The van der Waals surface area contributed by atoms with E-state index in [1.54, 1.807) is 14.2 Å². The Morgan fingerprint density at radius 3 is 2.35 bits per heavy atom. The number of ether oxygens (including phenoxy) is 2. The third-order valence-corrected chi connectivity index (χ3v) is 6.09. The lowest BCUT2D eigenvalue weighted by molar-refractivity contribution is 0.161. The van der Waals surface area contributed by atoms with E-state index in [-0.39, 0.29) is 0 Å². The molecule has 2 atom stereocenters. The van der Waals surface area contributed by atoms with Gasteiger partial charge in [0.25, 0.3) is 0 Å². The van der Waals surface area contributed by atoms with Crippen molar-refractivity contribution in [3.63, 3.8) is 0 Å². The second kappa shape index (κ2) is 11.1. The van der Waals surface area contributed by atoms with Gasteiger partial charge in [-0.3, -0.25) is 0 Å². The molecule has 0 amide bonds. The molecule has 2 nitrogen and oxygen atoms in total. The highest BCUT2D eigenvalue weighted by Crippen LogP contribution is 2.34. The summed E-state index contributed by atoms with van der Waals surface area (Å²) in [7, 11) is 3.48. The number of methoxy groups -OCH3 is 2. The van der Waals surface area contributed by atoms with Gasteiger partial charge in [0.1, 0.15) is 5.75 Å². The number of allylic oxidation sites excluding steroid dienone is 1. The van der Waals surface area contributed by atoms with Gasteiger partial charge in [0.05, 0.1) is 13.7 Å². The molecule has 0 saturated heterocycles. The van der Waals surface area contributed by atoms with Crippen molar-refractivity contribution in [2.24, 2.45) is 5.92 Å². The second-order valence-corrected chi connectivity index (χ2v) is 7.83. The van der Waals surface area contributed by atoms with Gasteiger partial charge in [-0.05, 0) is 55.5 Å². The largest absolute Gasteiger partial charge is 0.497 e. The highest BCUT2D eigenvalue weighted by atomic mass is 32.2. The monoisotopic (exact) mass is 370 g/mol. The van der Waals surface area contributed by atoms with Crippen LogP contribution in [0, 0.1) is 5.92 Å². The first kappa shape index (κ1) is 20.6. The highest BCUT2D eigenvalue weighted by Gasteiger charge is 2.20. The summed E-state index contributed by atoms with van der Waals surface area (Å²) in [4.78, 5) is 1.26. The van der Waals surface area contributed by atoms with E-state index in [2.05, 4.69) is 62.4 Å². The fraction of sp³-hybridized carbons (Fsp3) is 0.391. The summed E-state index contributed by atoms with van der Waals surface area (Å²) in [6.07, 6.45) is 4.53. The zero-order valence-electron chi connectivity index (χ0n) is 16.3. The summed E-state index contributed by atoms with van der Waals surface area (Å²) in [5.41, 5.74) is 2.81. The van der Waals surface area contributed by atoms with Crippen LogP contribution >= 0.6 is 11.8 Å². The average Bonchev–Trinajstić information content (AvgIpc) is 2.67. The molecule has 2 aromatic carbocycles. The third kappa shape index (κ3) is 6.54. The van der Waals surface area contributed by atoms with Gasteiger partial charge in [0, 0.05) is 17.3 Å². The molecule has 0 fully saturated rings. The molecule has 0 aliphatic heterocycles. The van der Waals surface area contributed by atoms with Crippen molar-refractivity contribution in [2.45, 2.75) is 36.8 Å². The van der Waals surface area contributed by atoms with Crippen molar-refractivity contribution in [3.8, 4) is 5.75 Å². The van der Waals surface area contributed by atoms with Crippen LogP contribution in [0.3, 0.4) is 0 Å². The maximum Gasteiger partial charge on any atom is 0.118 e. The van der Waals surface area contributed by atoms with E-state index in [4.69, 9.17) is 9.47 Å². The van der Waals surface area contributed by atoms with Gasteiger partial charge >= 0.3 is 0 Å². The number of benzene rings is 2. The molecule has 0 heterocycles. The maximum atomic E-state index is 5.42. The van der Waals surface area contributed by atoms with Crippen molar-refractivity contribution in [1.29, 1.82) is 0 Å². The quantitative estimate of drug-likeness (QED) is 0.376. The van der Waals surface area contributed by atoms with Crippen molar-refractivity contribution in [2.75, 3.05) is 20.8 Å². The highest BCUT2D eigenvalue weighted by molar-refractivity contribution is 8.00. The molecule has 0 aliphatic rings. The van der Waals surface area contributed by atoms with E-state index >= 15 is 0 Å². The molecule has 2 rings (SSSR count). The minimum Gasteiger partial charge on any atom is -0.497 e. The molecule has 0 saturated carbocycles. The Balaban J connectivity index is 2.05. The van der Waals surface area contributed by atoms with Crippen LogP contribution in [0.5, 0.6) is 5.75 Å². The molecule has 0 radical (unpaired) electrons. The van der Waals surface area contributed by atoms with Gasteiger partial charge < -0.3 is 9.47 Å². The van der Waals surface area contributed by atoms with E-state index in [1.807, 2.05) is 23.9 Å². The normalized spacial score (nSPS) is 14.1. The zero-order chi connectivity index (χ0) is 18.8. The van der Waals surface area contributed by atoms with Crippen molar-refractivity contribution < 1.29 is 9.47 Å². The minimum atomic E-state index is 0.402. The molecular weight excluding hydrogens is 340 g/mol. The summed E-state index contributed by atoms with van der Waals surface area (Å²) < 4.78 is 10.7. The molecule has 2 aromatic rings. The van der Waals surface area contributed by atoms with E-state index in [9.17, 15) is 0 Å². The molecule has 140 valence electrons. The van der Waals surface area contributed by atoms with Crippen molar-refractivity contribution in [1.82, 2.24) is 0 Å². The van der Waals surface area contributed by atoms with Gasteiger partial charge in [0.15, 0.2) is 0 Å². The smallest absolute Gasteiger partial charge is 0.118 e. The van der Waals surface area contributed by atoms with Gasteiger partial charge in [-0.15, -0.1) is 11.8 Å². The molecule has 3 heteroatoms. The van der Waals surface area contributed by atoms with Crippen molar-refractivity contribution >= 4 is 11.8 Å². The van der Waals surface area contributed by atoms with Crippen LogP contribution in [0.4, 0.5) is 0 Å². The van der Waals surface area contributed by atoms with Crippen LogP contribution in [-0.2, 0) is 11.2 Å². The number of rotatable bonds is 10. The van der Waals surface area contributed by atoms with Gasteiger partial charge in [-0.2, -0.15) is 0 Å². The summed E-state index contributed by atoms with van der Waals surface area (Å²) >= 11 is 1.91. The summed E-state index contributed by atoms with van der Waals surface area (Å²) in [6, 6.07) is 19.0. The number of hydrogen-bond acceptors (Lipinski definition) is 3. The molecular formula is C23H30O2S. The standard InChI is InChI=1S/C23H30O2S/c1-18(9-8-12-20-10-6-5-7-11-20)23(19(2)17-24-3)26-22-15-13-21(25-4)14-16-22/h5-7,9-11,13-16,19,23H,8,12,17H2,1-4H3/b18-9+/t19-,23-/m1/s1. The fourth-order valence-corrected chi connectivity index (χ4v) is 4.22. The first-order valence-electron chi connectivity index (χ1n) is 9.14. The Labute approximate surface area is 162 Å². The molecule has 26 heavy (non-hydrogen) atoms. The van der Waals surface area contributed by atoms with Gasteiger partial charge in [-0.25, -0.2) is 0 Å². The minimum absolute atomic E-state index is 0.402. The van der Waals surface area contributed by atoms with Crippen LogP contribution < -0.4 is 4.74 Å². The third-order valence-electron chi connectivity index (χ3n) is 4.46. The average molecular weight is 371 g/mol. The zero-order valence-corrected chi connectivity index (χ0v) is 17.1. The first-order chi connectivity index (χ1) is 12.6. The summed E-state index contributed by atoms with van der Waals surface area (Å²) in [5.74, 6) is 1.34. The number of hydrogen-bond donors (Lipinski definition) is 0. The van der Waals surface area contributed by atoms with Crippen LogP contribution in [0.15, 0.2) is 71.1 Å².